The molecule has 0 spiro atoms. The zero-order chi connectivity index (χ0) is 8.32. The molecule has 0 aromatic rings. The molecule has 2 atom stereocenters. The van der Waals surface area contributed by atoms with Gasteiger partial charge in [0.1, 0.15) is 5.60 Å². The maximum absolute atomic E-state index is 9.03. The van der Waals surface area contributed by atoms with Crippen molar-refractivity contribution in [3.63, 3.8) is 0 Å². The van der Waals surface area contributed by atoms with Crippen LogP contribution in [0.3, 0.4) is 0 Å². The van der Waals surface area contributed by atoms with Crippen LogP contribution in [-0.4, -0.2) is 23.4 Å². The third kappa shape index (κ3) is 1.95. The summed E-state index contributed by atoms with van der Waals surface area (Å²) in [5.41, 5.74) is 0.912. The van der Waals surface area contributed by atoms with E-state index >= 15 is 0 Å². The van der Waals surface area contributed by atoms with Gasteiger partial charge in [-0.25, -0.2) is 0 Å². The van der Waals surface area contributed by atoms with Crippen LogP contribution in [-0.2, 0) is 4.74 Å². The van der Waals surface area contributed by atoms with Gasteiger partial charge < -0.3 is 9.84 Å². The van der Waals surface area contributed by atoms with Crippen LogP contribution in [0, 0.1) is 0 Å². The van der Waals surface area contributed by atoms with Crippen molar-refractivity contribution in [1.29, 1.82) is 0 Å². The van der Waals surface area contributed by atoms with Crippen LogP contribution < -0.4 is 0 Å². The van der Waals surface area contributed by atoms with Gasteiger partial charge in [0, 0.05) is 5.54 Å². The lowest BCUT2D eigenvalue weighted by atomic mass is 10.0. The summed E-state index contributed by atoms with van der Waals surface area (Å²) in [5.74, 6) is 0. The molecule has 1 aliphatic rings. The minimum absolute atomic E-state index is 0.0144. The second-order valence-electron chi connectivity index (χ2n) is 2.98. The average Bonchev–Trinajstić information content (AvgIpc) is 2.34. The first-order valence-corrected chi connectivity index (χ1v) is 4.23. The Bertz CT molecular complexity index is 158. The molecule has 0 bridgehead atoms. The predicted molar refractivity (Wildman–Crippen MR) is 44.6 cm³/mol. The van der Waals surface area contributed by atoms with Gasteiger partial charge >= 0.3 is 0 Å². The molecule has 11 heavy (non-hydrogen) atoms. The molecule has 1 N–H and O–H groups in total. The number of hydrogen-bond donors (Lipinski definition) is 1. The van der Waals surface area contributed by atoms with E-state index in [1.807, 2.05) is 6.92 Å². The predicted octanol–water partition coefficient (Wildman–Crippen LogP) is 1.67. The highest BCUT2D eigenvalue weighted by Crippen LogP contribution is 2.31. The van der Waals surface area contributed by atoms with E-state index in [0.717, 1.165) is 12.8 Å². The second-order valence-corrected chi connectivity index (χ2v) is 3.23. The minimum Gasteiger partial charge on any atom is -0.393 e. The molecular weight excluding hydrogens is 164 g/mol. The van der Waals surface area contributed by atoms with Crippen LogP contribution in [0.25, 0.3) is 0 Å². The summed E-state index contributed by atoms with van der Waals surface area (Å²) in [6, 6.07) is 0. The average molecular weight is 177 g/mol. The molecule has 0 aliphatic carbocycles. The van der Waals surface area contributed by atoms with Crippen LogP contribution in [0.5, 0.6) is 0 Å². The molecule has 0 amide bonds. The summed E-state index contributed by atoms with van der Waals surface area (Å²) in [7, 11) is 0. The van der Waals surface area contributed by atoms with Gasteiger partial charge in [-0.2, -0.15) is 0 Å². The zero-order valence-electron chi connectivity index (χ0n) is 6.59. The topological polar surface area (TPSA) is 29.5 Å². The van der Waals surface area contributed by atoms with E-state index in [1.165, 1.54) is 5.54 Å². The zero-order valence-corrected chi connectivity index (χ0v) is 7.34. The van der Waals surface area contributed by atoms with Crippen molar-refractivity contribution in [1.82, 2.24) is 0 Å². The molecule has 0 saturated carbocycles. The van der Waals surface area contributed by atoms with Gasteiger partial charge in [-0.1, -0.05) is 11.6 Å². The number of rotatable bonds is 2. The number of aliphatic hydroxyl groups excluding tert-OH is 1. The molecule has 1 fully saturated rings. The molecule has 1 heterocycles. The molecule has 0 unspecified atom stereocenters. The Kier molecular flexibility index (Phi) is 2.93. The Morgan fingerprint density at radius 1 is 1.82 bits per heavy atom. The van der Waals surface area contributed by atoms with Gasteiger partial charge in [-0.3, -0.25) is 0 Å². The maximum Gasteiger partial charge on any atom is 0.111 e. The van der Waals surface area contributed by atoms with Crippen LogP contribution in [0.15, 0.2) is 11.6 Å². The molecule has 1 aliphatic heterocycles. The molecule has 3 heteroatoms. The quantitative estimate of drug-likeness (QED) is 0.694. The van der Waals surface area contributed by atoms with Crippen molar-refractivity contribution in [3.8, 4) is 0 Å². The summed E-state index contributed by atoms with van der Waals surface area (Å²) in [5, 5.41) is 9.03. The van der Waals surface area contributed by atoms with Crippen LogP contribution >= 0.6 is 11.6 Å². The first-order chi connectivity index (χ1) is 5.22. The highest BCUT2D eigenvalue weighted by Gasteiger charge is 2.35. The molecule has 0 aromatic carbocycles. The molecule has 2 nitrogen and oxygen atoms in total. The van der Waals surface area contributed by atoms with E-state index in [-0.39, 0.29) is 12.7 Å². The summed E-state index contributed by atoms with van der Waals surface area (Å²) in [4.78, 5) is 0. The van der Waals surface area contributed by atoms with Crippen molar-refractivity contribution < 1.29 is 9.84 Å². The smallest absolute Gasteiger partial charge is 0.111 e. The number of halogens is 1. The molecule has 0 aromatic heterocycles. The lowest BCUT2D eigenvalue weighted by Gasteiger charge is -2.22. The summed E-state index contributed by atoms with van der Waals surface area (Å²) in [6.07, 6.45) is 3.79. The number of ether oxygens (including phenoxy) is 1. The van der Waals surface area contributed by atoms with Crippen LogP contribution in [0.4, 0.5) is 0 Å². The summed E-state index contributed by atoms with van der Waals surface area (Å²) >= 11 is 5.43. The van der Waals surface area contributed by atoms with E-state index in [0.29, 0.717) is 0 Å². The summed E-state index contributed by atoms with van der Waals surface area (Å²) < 4.78 is 5.52. The van der Waals surface area contributed by atoms with E-state index in [2.05, 4.69) is 0 Å². The van der Waals surface area contributed by atoms with E-state index < -0.39 is 5.60 Å². The Balaban J connectivity index is 2.62. The van der Waals surface area contributed by atoms with Crippen molar-refractivity contribution in [2.75, 3.05) is 6.61 Å². The van der Waals surface area contributed by atoms with Gasteiger partial charge in [0.25, 0.3) is 0 Å². The monoisotopic (exact) mass is 176 g/mol. The Hall–Kier alpha value is -0.0500. The highest BCUT2D eigenvalue weighted by molar-refractivity contribution is 6.25. The third-order valence-corrected chi connectivity index (χ3v) is 2.17. The fourth-order valence-corrected chi connectivity index (χ4v) is 1.60. The van der Waals surface area contributed by atoms with Gasteiger partial charge in [0.05, 0.1) is 12.7 Å². The van der Waals surface area contributed by atoms with E-state index in [9.17, 15) is 0 Å². The summed E-state index contributed by atoms with van der Waals surface area (Å²) in [6.45, 7) is 2.01. The van der Waals surface area contributed by atoms with Crippen molar-refractivity contribution in [2.45, 2.75) is 31.5 Å². The number of aliphatic hydroxyl groups is 1. The normalized spacial score (nSPS) is 38.6. The maximum atomic E-state index is 9.03. The third-order valence-electron chi connectivity index (χ3n) is 2.04. The van der Waals surface area contributed by atoms with Crippen LogP contribution in [0.1, 0.15) is 19.8 Å². The SMILES string of the molecule is C[C@H]1CC[C@@](/C=C/Cl)(CO)O1. The standard InChI is InChI=1S/C8H13ClO2/c1-7-2-3-8(6-10,11-7)4-5-9/h4-5,7,10H,2-3,6H2,1H3/b5-4+/t7-,8+/m0/s1. The van der Waals surface area contributed by atoms with Crippen molar-refractivity contribution in [3.05, 3.63) is 11.6 Å². The number of hydrogen-bond acceptors (Lipinski definition) is 2. The first-order valence-electron chi connectivity index (χ1n) is 3.79. The minimum atomic E-state index is -0.499. The van der Waals surface area contributed by atoms with Crippen molar-refractivity contribution in [2.24, 2.45) is 0 Å². The van der Waals surface area contributed by atoms with Gasteiger partial charge in [0.15, 0.2) is 0 Å². The fraction of sp³-hybridized carbons (Fsp3) is 0.750. The molecule has 0 radical (unpaired) electrons. The van der Waals surface area contributed by atoms with E-state index in [1.54, 1.807) is 6.08 Å². The molecular formula is C8H13ClO2. The molecule has 1 rings (SSSR count). The van der Waals surface area contributed by atoms with E-state index in [4.69, 9.17) is 21.4 Å². The molecule has 64 valence electrons. The van der Waals surface area contributed by atoms with Gasteiger partial charge in [-0.15, -0.1) is 0 Å². The molecule has 1 saturated heterocycles. The van der Waals surface area contributed by atoms with Gasteiger partial charge in [0.2, 0.25) is 0 Å². The lowest BCUT2D eigenvalue weighted by Crippen LogP contribution is -2.30. The second kappa shape index (κ2) is 3.57. The van der Waals surface area contributed by atoms with Gasteiger partial charge in [-0.05, 0) is 25.8 Å². The van der Waals surface area contributed by atoms with Crippen LogP contribution in [0.2, 0.25) is 0 Å². The Labute approximate surface area is 71.8 Å². The first kappa shape index (κ1) is 9.04. The largest absolute Gasteiger partial charge is 0.393 e. The lowest BCUT2D eigenvalue weighted by molar-refractivity contribution is -0.0340. The Morgan fingerprint density at radius 2 is 2.55 bits per heavy atom. The fourth-order valence-electron chi connectivity index (χ4n) is 1.37. The van der Waals surface area contributed by atoms with Crippen molar-refractivity contribution >= 4 is 11.6 Å². The highest BCUT2D eigenvalue weighted by atomic mass is 35.5. The Morgan fingerprint density at radius 3 is 2.91 bits per heavy atom.